The summed E-state index contributed by atoms with van der Waals surface area (Å²) in [5.41, 5.74) is 0.858. The van der Waals surface area contributed by atoms with Crippen molar-refractivity contribution in [3.05, 3.63) is 23.8 Å². The van der Waals surface area contributed by atoms with Crippen molar-refractivity contribution in [3.8, 4) is 0 Å². The van der Waals surface area contributed by atoms with Crippen LogP contribution in [0.3, 0.4) is 0 Å². The molecule has 1 saturated carbocycles. The zero-order chi connectivity index (χ0) is 14.6. The monoisotopic (exact) mass is 277 g/mol. The molecule has 1 aromatic rings. The Balaban J connectivity index is 2.15. The Hall–Kier alpha value is -1.00. The molecule has 4 nitrogen and oxygen atoms in total. The second-order valence-electron chi connectivity index (χ2n) is 6.73. The van der Waals surface area contributed by atoms with E-state index in [1.165, 1.54) is 19.3 Å². The van der Waals surface area contributed by atoms with Crippen LogP contribution in [0.1, 0.15) is 64.4 Å². The molecule has 0 unspecified atom stereocenters. The topological polar surface area (TPSA) is 47.0 Å². The normalized spacial score (nSPS) is 19.0. The molecule has 2 rings (SSSR count). The van der Waals surface area contributed by atoms with Gasteiger partial charge in [0.2, 0.25) is 0 Å². The average molecular weight is 277 g/mol. The second-order valence-corrected chi connectivity index (χ2v) is 6.73. The van der Waals surface area contributed by atoms with Gasteiger partial charge in [0.1, 0.15) is 5.60 Å². The first-order valence-electron chi connectivity index (χ1n) is 7.58. The average Bonchev–Trinajstić information content (AvgIpc) is 2.45. The van der Waals surface area contributed by atoms with Gasteiger partial charge in [0.15, 0.2) is 5.82 Å². The molecule has 1 aliphatic carbocycles. The van der Waals surface area contributed by atoms with Crippen molar-refractivity contribution < 1.29 is 4.74 Å². The van der Waals surface area contributed by atoms with Crippen LogP contribution in [0, 0.1) is 0 Å². The van der Waals surface area contributed by atoms with Gasteiger partial charge in [-0.2, -0.15) is 0 Å². The minimum Gasteiger partial charge on any atom is -0.370 e. The molecule has 0 radical (unpaired) electrons. The van der Waals surface area contributed by atoms with Crippen molar-refractivity contribution in [2.75, 3.05) is 7.11 Å². The lowest BCUT2D eigenvalue weighted by Crippen LogP contribution is -2.36. The highest BCUT2D eigenvalue weighted by Crippen LogP contribution is 2.38. The van der Waals surface area contributed by atoms with E-state index in [9.17, 15) is 0 Å². The van der Waals surface area contributed by atoms with Crippen molar-refractivity contribution in [2.24, 2.45) is 0 Å². The van der Waals surface area contributed by atoms with E-state index in [0.29, 0.717) is 0 Å². The predicted molar refractivity (Wildman–Crippen MR) is 80.4 cm³/mol. The molecule has 1 fully saturated rings. The Bertz CT molecular complexity index is 434. The molecule has 4 heteroatoms. The Morgan fingerprint density at radius 1 is 1.25 bits per heavy atom. The quantitative estimate of drug-likeness (QED) is 0.918. The van der Waals surface area contributed by atoms with Gasteiger partial charge in [0.25, 0.3) is 0 Å². The van der Waals surface area contributed by atoms with E-state index >= 15 is 0 Å². The van der Waals surface area contributed by atoms with Crippen LogP contribution in [0.2, 0.25) is 0 Å². The number of nitrogens with one attached hydrogen (secondary N) is 1. The third-order valence-electron chi connectivity index (χ3n) is 3.97. The van der Waals surface area contributed by atoms with Crippen LogP contribution in [-0.2, 0) is 16.9 Å². The van der Waals surface area contributed by atoms with Crippen molar-refractivity contribution in [2.45, 2.75) is 70.6 Å². The van der Waals surface area contributed by atoms with Gasteiger partial charge < -0.3 is 10.1 Å². The maximum Gasteiger partial charge on any atom is 0.160 e. The number of hydrogen-bond donors (Lipinski definition) is 1. The lowest BCUT2D eigenvalue weighted by molar-refractivity contribution is -0.0516. The van der Waals surface area contributed by atoms with E-state index in [0.717, 1.165) is 30.9 Å². The fourth-order valence-electron chi connectivity index (χ4n) is 2.71. The standard InChI is InChI=1S/C16H27N3O/c1-15(2,3)18-12-13-8-11-17-14(19-13)16(20-4)9-6-5-7-10-16/h8,11,18H,5-7,9-10,12H2,1-4H3. The summed E-state index contributed by atoms with van der Waals surface area (Å²) < 4.78 is 5.82. The zero-order valence-electron chi connectivity index (χ0n) is 13.2. The van der Waals surface area contributed by atoms with Crippen LogP contribution in [0.15, 0.2) is 12.3 Å². The highest BCUT2D eigenvalue weighted by atomic mass is 16.5. The number of ether oxygens (including phenoxy) is 1. The first-order valence-corrected chi connectivity index (χ1v) is 7.58. The number of rotatable bonds is 4. The molecule has 20 heavy (non-hydrogen) atoms. The van der Waals surface area contributed by atoms with Gasteiger partial charge in [-0.05, 0) is 39.7 Å². The SMILES string of the molecule is COC1(c2nccc(CNC(C)(C)C)n2)CCCCC1. The Morgan fingerprint density at radius 3 is 2.55 bits per heavy atom. The molecule has 1 aromatic heterocycles. The molecule has 1 aliphatic rings. The van der Waals surface area contributed by atoms with E-state index in [1.807, 2.05) is 12.3 Å². The summed E-state index contributed by atoms with van der Waals surface area (Å²) in [4.78, 5) is 9.23. The van der Waals surface area contributed by atoms with Crippen LogP contribution in [0.25, 0.3) is 0 Å². The van der Waals surface area contributed by atoms with Gasteiger partial charge >= 0.3 is 0 Å². The van der Waals surface area contributed by atoms with Crippen molar-refractivity contribution in [3.63, 3.8) is 0 Å². The molecule has 0 saturated heterocycles. The maximum atomic E-state index is 5.82. The Morgan fingerprint density at radius 2 is 1.95 bits per heavy atom. The van der Waals surface area contributed by atoms with Crippen molar-refractivity contribution >= 4 is 0 Å². The van der Waals surface area contributed by atoms with E-state index in [1.54, 1.807) is 7.11 Å². The molecule has 1 N–H and O–H groups in total. The molecule has 112 valence electrons. The van der Waals surface area contributed by atoms with E-state index in [4.69, 9.17) is 9.72 Å². The molecule has 0 spiro atoms. The van der Waals surface area contributed by atoms with Gasteiger partial charge in [-0.25, -0.2) is 9.97 Å². The number of nitrogens with zero attached hydrogens (tertiary/aromatic N) is 2. The molecule has 0 aromatic carbocycles. The second kappa shape index (κ2) is 6.19. The van der Waals surface area contributed by atoms with Crippen LogP contribution < -0.4 is 5.32 Å². The summed E-state index contributed by atoms with van der Waals surface area (Å²) >= 11 is 0. The van der Waals surface area contributed by atoms with Gasteiger partial charge in [0.05, 0.1) is 5.69 Å². The molecule has 0 bridgehead atoms. The van der Waals surface area contributed by atoms with Crippen LogP contribution in [0.5, 0.6) is 0 Å². The number of hydrogen-bond acceptors (Lipinski definition) is 4. The summed E-state index contributed by atoms with van der Waals surface area (Å²) in [5, 5.41) is 3.47. The summed E-state index contributed by atoms with van der Waals surface area (Å²) in [6.45, 7) is 7.24. The van der Waals surface area contributed by atoms with E-state index in [2.05, 4.69) is 31.1 Å². The molecular formula is C16H27N3O. The zero-order valence-corrected chi connectivity index (χ0v) is 13.2. The van der Waals surface area contributed by atoms with E-state index in [-0.39, 0.29) is 11.1 Å². The predicted octanol–water partition coefficient (Wildman–Crippen LogP) is 3.17. The summed E-state index contributed by atoms with van der Waals surface area (Å²) in [7, 11) is 1.79. The lowest BCUT2D eigenvalue weighted by Gasteiger charge is -2.34. The highest BCUT2D eigenvalue weighted by molar-refractivity contribution is 5.10. The van der Waals surface area contributed by atoms with Gasteiger partial charge in [-0.1, -0.05) is 19.3 Å². The van der Waals surface area contributed by atoms with Crippen LogP contribution in [0.4, 0.5) is 0 Å². The Labute approximate surface area is 122 Å². The first-order chi connectivity index (χ1) is 9.45. The summed E-state index contributed by atoms with van der Waals surface area (Å²) in [5.74, 6) is 0.855. The van der Waals surface area contributed by atoms with Crippen molar-refractivity contribution in [1.82, 2.24) is 15.3 Å². The van der Waals surface area contributed by atoms with Crippen LogP contribution >= 0.6 is 0 Å². The summed E-state index contributed by atoms with van der Waals surface area (Å²) in [6, 6.07) is 1.98. The number of aromatic nitrogens is 2. The summed E-state index contributed by atoms with van der Waals surface area (Å²) in [6.07, 6.45) is 7.59. The number of methoxy groups -OCH3 is 1. The lowest BCUT2D eigenvalue weighted by atomic mass is 9.84. The molecule has 0 amide bonds. The minimum atomic E-state index is -0.268. The minimum absolute atomic E-state index is 0.0922. The third-order valence-corrected chi connectivity index (χ3v) is 3.97. The Kier molecular flexibility index (Phi) is 4.76. The van der Waals surface area contributed by atoms with Gasteiger partial charge in [-0.15, -0.1) is 0 Å². The maximum absolute atomic E-state index is 5.82. The molecule has 0 aliphatic heterocycles. The third kappa shape index (κ3) is 3.76. The molecule has 1 heterocycles. The fraction of sp³-hybridized carbons (Fsp3) is 0.750. The highest BCUT2D eigenvalue weighted by Gasteiger charge is 2.36. The molecular weight excluding hydrogens is 250 g/mol. The van der Waals surface area contributed by atoms with Crippen molar-refractivity contribution in [1.29, 1.82) is 0 Å². The van der Waals surface area contributed by atoms with E-state index < -0.39 is 0 Å². The smallest absolute Gasteiger partial charge is 0.160 e. The largest absolute Gasteiger partial charge is 0.370 e. The van der Waals surface area contributed by atoms with Crippen LogP contribution in [-0.4, -0.2) is 22.6 Å². The van der Waals surface area contributed by atoms with Gasteiger partial charge in [-0.3, -0.25) is 0 Å². The van der Waals surface area contributed by atoms with Gasteiger partial charge in [0, 0.05) is 25.4 Å². The molecule has 0 atom stereocenters. The first kappa shape index (κ1) is 15.4. The fourth-order valence-corrected chi connectivity index (χ4v) is 2.71.